The zero-order valence-corrected chi connectivity index (χ0v) is 30.2. The SMILES string of the molecule is C=C(CCCC(=O)OC(CCCCCCC)CCCCCCC)CCCC(=O)OC(CCCCCCC)CCCCCCC. The van der Waals surface area contributed by atoms with E-state index in [1.165, 1.54) is 103 Å². The van der Waals surface area contributed by atoms with Gasteiger partial charge in [-0.25, -0.2) is 0 Å². The molecule has 0 bridgehead atoms. The molecular weight excluding hydrogens is 544 g/mol. The van der Waals surface area contributed by atoms with E-state index in [2.05, 4.69) is 34.3 Å². The number of hydrogen-bond acceptors (Lipinski definition) is 4. The molecule has 4 heteroatoms. The molecule has 0 radical (unpaired) electrons. The normalized spacial score (nSPS) is 11.4. The molecule has 0 aromatic heterocycles. The van der Waals surface area contributed by atoms with Crippen molar-refractivity contribution in [1.29, 1.82) is 0 Å². The van der Waals surface area contributed by atoms with Crippen molar-refractivity contribution in [2.75, 3.05) is 0 Å². The average Bonchev–Trinajstić information content (AvgIpc) is 3.00. The molecule has 260 valence electrons. The second-order valence-corrected chi connectivity index (χ2v) is 13.5. The summed E-state index contributed by atoms with van der Waals surface area (Å²) < 4.78 is 11.9. The Bertz CT molecular complexity index is 576. The molecule has 0 aromatic carbocycles. The fourth-order valence-corrected chi connectivity index (χ4v) is 6.01. The molecule has 0 spiro atoms. The van der Waals surface area contributed by atoms with Gasteiger partial charge in [-0.05, 0) is 77.0 Å². The molecule has 0 fully saturated rings. The fourth-order valence-electron chi connectivity index (χ4n) is 6.01. The molecular formula is C40H76O4. The van der Waals surface area contributed by atoms with E-state index in [0.717, 1.165) is 82.6 Å². The van der Waals surface area contributed by atoms with Crippen molar-refractivity contribution in [2.45, 2.75) is 233 Å². The predicted octanol–water partition coefficient (Wildman–Crippen LogP) is 13.1. The van der Waals surface area contributed by atoms with Crippen LogP contribution in [0.4, 0.5) is 0 Å². The molecule has 0 aliphatic heterocycles. The summed E-state index contributed by atoms with van der Waals surface area (Å²) in [7, 11) is 0. The summed E-state index contributed by atoms with van der Waals surface area (Å²) in [5.74, 6) is -0.104. The number of rotatable bonds is 34. The van der Waals surface area contributed by atoms with Crippen molar-refractivity contribution in [2.24, 2.45) is 0 Å². The van der Waals surface area contributed by atoms with Crippen molar-refractivity contribution in [3.63, 3.8) is 0 Å². The third-order valence-electron chi connectivity index (χ3n) is 8.94. The molecule has 4 nitrogen and oxygen atoms in total. The fraction of sp³-hybridized carbons (Fsp3) is 0.900. The first-order valence-corrected chi connectivity index (χ1v) is 19.5. The lowest BCUT2D eigenvalue weighted by Crippen LogP contribution is -2.18. The van der Waals surface area contributed by atoms with Crippen molar-refractivity contribution in [3.05, 3.63) is 12.2 Å². The monoisotopic (exact) mass is 621 g/mol. The second kappa shape index (κ2) is 33.1. The Kier molecular flexibility index (Phi) is 32.1. The van der Waals surface area contributed by atoms with Gasteiger partial charge in [0.05, 0.1) is 0 Å². The maximum atomic E-state index is 12.7. The Hall–Kier alpha value is -1.32. The summed E-state index contributed by atoms with van der Waals surface area (Å²) in [5, 5.41) is 0. The summed E-state index contributed by atoms with van der Waals surface area (Å²) in [6.45, 7) is 13.2. The molecule has 0 aliphatic carbocycles. The molecule has 0 aliphatic rings. The molecule has 0 saturated carbocycles. The maximum absolute atomic E-state index is 12.7. The molecule has 44 heavy (non-hydrogen) atoms. The van der Waals surface area contributed by atoms with E-state index in [4.69, 9.17) is 9.47 Å². The Morgan fingerprint density at radius 2 is 0.682 bits per heavy atom. The van der Waals surface area contributed by atoms with E-state index in [-0.39, 0.29) is 24.1 Å². The van der Waals surface area contributed by atoms with Gasteiger partial charge in [-0.3, -0.25) is 9.59 Å². The van der Waals surface area contributed by atoms with Crippen molar-refractivity contribution in [1.82, 2.24) is 0 Å². The summed E-state index contributed by atoms with van der Waals surface area (Å²) in [4.78, 5) is 25.3. The van der Waals surface area contributed by atoms with E-state index in [9.17, 15) is 9.59 Å². The lowest BCUT2D eigenvalue weighted by molar-refractivity contribution is -0.150. The zero-order chi connectivity index (χ0) is 32.5. The van der Waals surface area contributed by atoms with E-state index in [0.29, 0.717) is 12.8 Å². The summed E-state index contributed by atoms with van der Waals surface area (Å²) in [5.41, 5.74) is 1.12. The van der Waals surface area contributed by atoms with Crippen LogP contribution in [0.1, 0.15) is 220 Å². The minimum atomic E-state index is -0.0519. The molecule has 0 saturated heterocycles. The Balaban J connectivity index is 4.34. The highest BCUT2D eigenvalue weighted by atomic mass is 16.5. The highest BCUT2D eigenvalue weighted by Crippen LogP contribution is 2.20. The van der Waals surface area contributed by atoms with Gasteiger partial charge < -0.3 is 9.47 Å². The number of esters is 2. The summed E-state index contributed by atoms with van der Waals surface area (Å²) >= 11 is 0. The Labute approximate surface area is 275 Å². The lowest BCUT2D eigenvalue weighted by Gasteiger charge is -2.18. The van der Waals surface area contributed by atoms with Crippen LogP contribution in [0.5, 0.6) is 0 Å². The van der Waals surface area contributed by atoms with Crippen LogP contribution in [0, 0.1) is 0 Å². The third kappa shape index (κ3) is 29.4. The van der Waals surface area contributed by atoms with Crippen molar-refractivity contribution < 1.29 is 19.1 Å². The van der Waals surface area contributed by atoms with Gasteiger partial charge in [0, 0.05) is 12.8 Å². The van der Waals surface area contributed by atoms with Crippen LogP contribution in [-0.2, 0) is 19.1 Å². The molecule has 0 unspecified atom stereocenters. The minimum absolute atomic E-state index is 0.0519. The van der Waals surface area contributed by atoms with Crippen LogP contribution in [0.25, 0.3) is 0 Å². The molecule has 0 heterocycles. The topological polar surface area (TPSA) is 52.6 Å². The minimum Gasteiger partial charge on any atom is -0.462 e. The van der Waals surface area contributed by atoms with Crippen molar-refractivity contribution >= 4 is 11.9 Å². The van der Waals surface area contributed by atoms with Crippen LogP contribution in [0.3, 0.4) is 0 Å². The average molecular weight is 621 g/mol. The lowest BCUT2D eigenvalue weighted by atomic mass is 10.0. The summed E-state index contributed by atoms with van der Waals surface area (Å²) in [6, 6.07) is 0. The predicted molar refractivity (Wildman–Crippen MR) is 190 cm³/mol. The standard InChI is InChI=1S/C40H76O4/c1-6-10-14-18-22-30-37(31-23-19-15-11-7-2)43-39(41)34-26-28-36(5)29-27-35-40(42)44-38(32-24-20-16-12-8-3)33-25-21-17-13-9-4/h37-38H,5-35H2,1-4H3. The Morgan fingerprint density at radius 1 is 0.409 bits per heavy atom. The molecule has 0 amide bonds. The van der Waals surface area contributed by atoms with Crippen LogP contribution < -0.4 is 0 Å². The smallest absolute Gasteiger partial charge is 0.306 e. The molecule has 0 atom stereocenters. The van der Waals surface area contributed by atoms with Crippen LogP contribution in [-0.4, -0.2) is 24.1 Å². The largest absolute Gasteiger partial charge is 0.462 e. The number of unbranched alkanes of at least 4 members (excludes halogenated alkanes) is 16. The number of hydrogen-bond donors (Lipinski definition) is 0. The zero-order valence-electron chi connectivity index (χ0n) is 30.2. The quantitative estimate of drug-likeness (QED) is 0.0408. The van der Waals surface area contributed by atoms with Crippen LogP contribution >= 0.6 is 0 Å². The number of ether oxygens (including phenoxy) is 2. The van der Waals surface area contributed by atoms with Gasteiger partial charge in [0.15, 0.2) is 0 Å². The number of carbonyl (C=O) groups is 2. The first-order valence-electron chi connectivity index (χ1n) is 19.5. The van der Waals surface area contributed by atoms with Gasteiger partial charge in [0.25, 0.3) is 0 Å². The van der Waals surface area contributed by atoms with Crippen LogP contribution in [0.2, 0.25) is 0 Å². The van der Waals surface area contributed by atoms with Gasteiger partial charge >= 0.3 is 11.9 Å². The Morgan fingerprint density at radius 3 is 0.955 bits per heavy atom. The first-order chi connectivity index (χ1) is 21.5. The molecule has 0 rings (SSSR count). The van der Waals surface area contributed by atoms with Gasteiger partial charge in [0.1, 0.15) is 12.2 Å². The van der Waals surface area contributed by atoms with Gasteiger partial charge in [-0.1, -0.05) is 143 Å². The summed E-state index contributed by atoms with van der Waals surface area (Å²) in [6.07, 6.45) is 33.2. The number of carbonyl (C=O) groups excluding carboxylic acids is 2. The van der Waals surface area contributed by atoms with Gasteiger partial charge in [0.2, 0.25) is 0 Å². The second-order valence-electron chi connectivity index (χ2n) is 13.5. The highest BCUT2D eigenvalue weighted by Gasteiger charge is 2.16. The van der Waals surface area contributed by atoms with E-state index in [1.54, 1.807) is 0 Å². The van der Waals surface area contributed by atoms with E-state index in [1.807, 2.05) is 0 Å². The first kappa shape index (κ1) is 42.7. The van der Waals surface area contributed by atoms with Crippen LogP contribution in [0.15, 0.2) is 12.2 Å². The van der Waals surface area contributed by atoms with Crippen molar-refractivity contribution in [3.8, 4) is 0 Å². The molecule has 0 N–H and O–H groups in total. The van der Waals surface area contributed by atoms with E-state index >= 15 is 0 Å². The third-order valence-corrected chi connectivity index (χ3v) is 8.94. The highest BCUT2D eigenvalue weighted by molar-refractivity contribution is 5.70. The van der Waals surface area contributed by atoms with Gasteiger partial charge in [-0.2, -0.15) is 0 Å². The van der Waals surface area contributed by atoms with E-state index < -0.39 is 0 Å². The number of allylic oxidation sites excluding steroid dienone is 1. The molecule has 0 aromatic rings. The van der Waals surface area contributed by atoms with Gasteiger partial charge in [-0.15, -0.1) is 0 Å². The maximum Gasteiger partial charge on any atom is 0.306 e.